The van der Waals surface area contributed by atoms with E-state index in [9.17, 15) is 18.0 Å². The van der Waals surface area contributed by atoms with Gasteiger partial charge in [-0.05, 0) is 47.7 Å². The van der Waals surface area contributed by atoms with Crippen LogP contribution in [0.1, 0.15) is 12.5 Å². The van der Waals surface area contributed by atoms with Crippen molar-refractivity contribution in [3.63, 3.8) is 0 Å². The van der Waals surface area contributed by atoms with Gasteiger partial charge in [0.05, 0.1) is 15.8 Å². The Hall–Kier alpha value is -0.960. The minimum Gasteiger partial charge on any atom is -0.474 e. The maximum absolute atomic E-state index is 13.1. The third-order valence-corrected chi connectivity index (χ3v) is 3.69. The highest BCUT2D eigenvalue weighted by molar-refractivity contribution is 14.1. The van der Waals surface area contributed by atoms with Crippen LogP contribution in [0.15, 0.2) is 17.7 Å². The van der Waals surface area contributed by atoms with E-state index in [0.717, 1.165) is 6.08 Å². The smallest absolute Gasteiger partial charge is 0.430 e. The van der Waals surface area contributed by atoms with Gasteiger partial charge in [-0.15, -0.1) is 0 Å². The van der Waals surface area contributed by atoms with E-state index in [-0.39, 0.29) is 12.4 Å². The van der Waals surface area contributed by atoms with Gasteiger partial charge in [-0.2, -0.15) is 13.2 Å². The molecule has 0 amide bonds. The van der Waals surface area contributed by atoms with Crippen LogP contribution in [0.4, 0.5) is 13.2 Å². The number of carbonyl (C=O) groups is 1. The molecule has 0 bridgehead atoms. The highest BCUT2D eigenvalue weighted by Crippen LogP contribution is 2.41. The average Bonchev–Trinajstić information content (AvgIpc) is 2.36. The number of hydrogen-bond donors (Lipinski definition) is 0. The molecule has 1 aliphatic heterocycles. The normalized spacial score (nSPS) is 17.6. The number of carbonyl (C=O) groups excluding carboxylic acids is 1. The van der Waals surface area contributed by atoms with Crippen LogP contribution >= 0.6 is 34.2 Å². The molecule has 1 aromatic carbocycles. The number of rotatable bonds is 2. The molecule has 1 unspecified atom stereocenters. The standard InChI is InChI=1S/C13H9ClF3IO3/c1-2-20-12(19)8-4-6-3-7(14)5-9(18)10(6)21-11(8)13(15,16)17/h3-5,11H,2H2,1H3. The van der Waals surface area contributed by atoms with Gasteiger partial charge >= 0.3 is 12.1 Å². The number of ether oxygens (including phenoxy) is 2. The zero-order valence-corrected chi connectivity index (χ0v) is 13.5. The maximum atomic E-state index is 13.1. The van der Waals surface area contributed by atoms with Crippen molar-refractivity contribution in [2.75, 3.05) is 6.61 Å². The fourth-order valence-electron chi connectivity index (χ4n) is 1.86. The second-order valence-corrected chi connectivity index (χ2v) is 5.76. The van der Waals surface area contributed by atoms with E-state index < -0.39 is 23.8 Å². The van der Waals surface area contributed by atoms with Gasteiger partial charge in [-0.25, -0.2) is 4.79 Å². The molecule has 1 aliphatic rings. The Morgan fingerprint density at radius 3 is 2.71 bits per heavy atom. The summed E-state index contributed by atoms with van der Waals surface area (Å²) in [5.41, 5.74) is -0.273. The molecule has 8 heteroatoms. The van der Waals surface area contributed by atoms with Crippen molar-refractivity contribution < 1.29 is 27.4 Å². The summed E-state index contributed by atoms with van der Waals surface area (Å²) in [4.78, 5) is 11.7. The molecule has 114 valence electrons. The summed E-state index contributed by atoms with van der Waals surface area (Å²) in [7, 11) is 0. The number of hydrogen-bond acceptors (Lipinski definition) is 3. The molecule has 2 rings (SSSR count). The highest BCUT2D eigenvalue weighted by atomic mass is 127. The lowest BCUT2D eigenvalue weighted by molar-refractivity contribution is -0.188. The van der Waals surface area contributed by atoms with E-state index in [1.54, 1.807) is 0 Å². The van der Waals surface area contributed by atoms with E-state index in [1.165, 1.54) is 19.1 Å². The Bertz CT molecular complexity index is 613. The van der Waals surface area contributed by atoms with Crippen LogP contribution in [0, 0.1) is 3.57 Å². The third kappa shape index (κ3) is 3.45. The molecule has 0 fully saturated rings. The van der Waals surface area contributed by atoms with Crippen molar-refractivity contribution in [1.82, 2.24) is 0 Å². The number of benzene rings is 1. The van der Waals surface area contributed by atoms with E-state index in [4.69, 9.17) is 16.3 Å². The Morgan fingerprint density at radius 2 is 2.14 bits per heavy atom. The second kappa shape index (κ2) is 6.04. The molecule has 0 aliphatic carbocycles. The highest BCUT2D eigenvalue weighted by Gasteiger charge is 2.49. The summed E-state index contributed by atoms with van der Waals surface area (Å²) < 4.78 is 49.4. The van der Waals surface area contributed by atoms with E-state index in [2.05, 4.69) is 4.74 Å². The van der Waals surface area contributed by atoms with Crippen molar-refractivity contribution in [3.05, 3.63) is 31.9 Å². The van der Waals surface area contributed by atoms with Crippen LogP contribution in [0.3, 0.4) is 0 Å². The van der Waals surface area contributed by atoms with Crippen LogP contribution in [0.25, 0.3) is 6.08 Å². The molecule has 0 N–H and O–H groups in total. The maximum Gasteiger partial charge on any atom is 0.430 e. The monoisotopic (exact) mass is 432 g/mol. The molecule has 1 aromatic rings. The molecule has 0 aromatic heterocycles. The van der Waals surface area contributed by atoms with Crippen LogP contribution in [0.2, 0.25) is 5.02 Å². The van der Waals surface area contributed by atoms with Crippen molar-refractivity contribution in [3.8, 4) is 5.75 Å². The number of halogens is 5. The fraction of sp³-hybridized carbons (Fsp3) is 0.308. The van der Waals surface area contributed by atoms with Crippen LogP contribution in [-0.4, -0.2) is 24.9 Å². The molecule has 1 heterocycles. The quantitative estimate of drug-likeness (QED) is 0.519. The van der Waals surface area contributed by atoms with Crippen LogP contribution < -0.4 is 4.74 Å². The third-order valence-electron chi connectivity index (χ3n) is 2.67. The molecule has 0 saturated carbocycles. The summed E-state index contributed by atoms with van der Waals surface area (Å²) in [5.74, 6) is -1.00. The largest absolute Gasteiger partial charge is 0.474 e. The van der Waals surface area contributed by atoms with Gasteiger partial charge in [0, 0.05) is 10.6 Å². The predicted molar refractivity (Wildman–Crippen MR) is 79.3 cm³/mol. The lowest BCUT2D eigenvalue weighted by atomic mass is 10.0. The Kier molecular flexibility index (Phi) is 4.72. The molecular weight excluding hydrogens is 423 g/mol. The number of fused-ring (bicyclic) bond motifs is 1. The first-order valence-corrected chi connectivity index (χ1v) is 7.30. The first-order chi connectivity index (χ1) is 9.74. The summed E-state index contributed by atoms with van der Waals surface area (Å²) in [5, 5.41) is 0.340. The van der Waals surface area contributed by atoms with Gasteiger partial charge in [0.15, 0.2) is 0 Å². The van der Waals surface area contributed by atoms with Crippen molar-refractivity contribution in [1.29, 1.82) is 0 Å². The summed E-state index contributed by atoms with van der Waals surface area (Å²) in [6.45, 7) is 1.49. The van der Waals surface area contributed by atoms with E-state index in [1.807, 2.05) is 22.6 Å². The van der Waals surface area contributed by atoms with Gasteiger partial charge in [0.2, 0.25) is 6.10 Å². The van der Waals surface area contributed by atoms with Crippen molar-refractivity contribution in [2.24, 2.45) is 0 Å². The molecule has 21 heavy (non-hydrogen) atoms. The van der Waals surface area contributed by atoms with Crippen LogP contribution in [0.5, 0.6) is 5.75 Å². The summed E-state index contributed by atoms with van der Waals surface area (Å²) >= 11 is 7.69. The minimum atomic E-state index is -4.72. The Morgan fingerprint density at radius 1 is 1.48 bits per heavy atom. The molecule has 0 saturated heterocycles. The SMILES string of the molecule is CCOC(=O)C1=Cc2cc(Cl)cc(I)c2OC1C(F)(F)F. The topological polar surface area (TPSA) is 35.5 Å². The van der Waals surface area contributed by atoms with Crippen molar-refractivity contribution >= 4 is 46.2 Å². The summed E-state index contributed by atoms with van der Waals surface area (Å²) in [6.07, 6.45) is -5.96. The van der Waals surface area contributed by atoms with Gasteiger partial charge in [-0.1, -0.05) is 11.6 Å². The first-order valence-electron chi connectivity index (χ1n) is 5.85. The number of esters is 1. The van der Waals surface area contributed by atoms with Crippen LogP contribution in [-0.2, 0) is 9.53 Å². The molecule has 3 nitrogen and oxygen atoms in total. The molecule has 0 radical (unpaired) electrons. The van der Waals surface area contributed by atoms with Gasteiger partial charge < -0.3 is 9.47 Å². The van der Waals surface area contributed by atoms with E-state index >= 15 is 0 Å². The fourth-order valence-corrected chi connectivity index (χ4v) is 3.04. The zero-order valence-electron chi connectivity index (χ0n) is 10.6. The molecule has 1 atom stereocenters. The zero-order chi connectivity index (χ0) is 15.8. The molecular formula is C13H9ClF3IO3. The predicted octanol–water partition coefficient (Wildman–Crippen LogP) is 4.21. The Labute approximate surface area is 137 Å². The van der Waals surface area contributed by atoms with Gasteiger partial charge in [0.25, 0.3) is 0 Å². The minimum absolute atomic E-state index is 0.0271. The first kappa shape index (κ1) is 16.4. The van der Waals surface area contributed by atoms with Crippen molar-refractivity contribution in [2.45, 2.75) is 19.2 Å². The Balaban J connectivity index is 2.55. The lowest BCUT2D eigenvalue weighted by Crippen LogP contribution is -2.41. The average molecular weight is 433 g/mol. The number of alkyl halides is 3. The van der Waals surface area contributed by atoms with Gasteiger partial charge in [-0.3, -0.25) is 0 Å². The van der Waals surface area contributed by atoms with Gasteiger partial charge in [0.1, 0.15) is 5.75 Å². The van der Waals surface area contributed by atoms with E-state index in [0.29, 0.717) is 14.2 Å². The second-order valence-electron chi connectivity index (χ2n) is 4.17. The molecule has 0 spiro atoms. The summed E-state index contributed by atoms with van der Waals surface area (Å²) in [6, 6.07) is 2.92. The lowest BCUT2D eigenvalue weighted by Gasteiger charge is -2.28.